The molecule has 0 fully saturated rings. The van der Waals surface area contributed by atoms with Gasteiger partial charge in [-0.05, 0) is 30.7 Å². The number of esters is 1. The summed E-state index contributed by atoms with van der Waals surface area (Å²) in [6.07, 6.45) is 0.293. The Morgan fingerprint density at radius 3 is 2.62 bits per heavy atom. The van der Waals surface area contributed by atoms with E-state index in [1.54, 1.807) is 37.3 Å². The van der Waals surface area contributed by atoms with Crippen LogP contribution < -0.4 is 9.47 Å². The van der Waals surface area contributed by atoms with Gasteiger partial charge in [0, 0.05) is 12.0 Å². The third-order valence-electron chi connectivity index (χ3n) is 2.96. The maximum Gasteiger partial charge on any atom is 0.310 e. The molecule has 0 aliphatic rings. The molecule has 0 saturated carbocycles. The van der Waals surface area contributed by atoms with Gasteiger partial charge in [-0.15, -0.1) is 0 Å². The molecule has 3 nitrogen and oxygen atoms in total. The van der Waals surface area contributed by atoms with Gasteiger partial charge < -0.3 is 9.47 Å². The molecule has 4 heteroatoms. The quantitative estimate of drug-likeness (QED) is 0.615. The fourth-order valence-corrected chi connectivity index (χ4v) is 1.80. The minimum Gasteiger partial charge on any atom is -0.486 e. The number of halogens is 1. The zero-order valence-corrected chi connectivity index (χ0v) is 12.1. The van der Waals surface area contributed by atoms with Crippen molar-refractivity contribution in [3.05, 3.63) is 59.4 Å². The molecule has 110 valence electrons. The lowest BCUT2D eigenvalue weighted by Crippen LogP contribution is -2.08. The predicted octanol–water partition coefficient (Wildman–Crippen LogP) is 4.03. The van der Waals surface area contributed by atoms with E-state index in [0.717, 1.165) is 5.56 Å². The van der Waals surface area contributed by atoms with Crippen LogP contribution in [0.4, 0.5) is 4.39 Å². The number of hydrogen-bond acceptors (Lipinski definition) is 3. The molecule has 0 heterocycles. The lowest BCUT2D eigenvalue weighted by molar-refractivity contribution is -0.134. The Morgan fingerprint density at radius 2 is 1.90 bits per heavy atom. The highest BCUT2D eigenvalue weighted by Gasteiger charge is 2.09. The average molecular weight is 288 g/mol. The van der Waals surface area contributed by atoms with Crippen LogP contribution in [-0.2, 0) is 11.4 Å². The monoisotopic (exact) mass is 288 g/mol. The van der Waals surface area contributed by atoms with Crippen LogP contribution in [0.15, 0.2) is 42.5 Å². The zero-order chi connectivity index (χ0) is 15.2. The summed E-state index contributed by atoms with van der Waals surface area (Å²) >= 11 is 0. The van der Waals surface area contributed by atoms with E-state index in [0.29, 0.717) is 17.7 Å². The van der Waals surface area contributed by atoms with Crippen LogP contribution in [0.2, 0.25) is 0 Å². The summed E-state index contributed by atoms with van der Waals surface area (Å²) in [5, 5.41) is 0. The minimum absolute atomic E-state index is 0.132. The molecule has 0 aromatic heterocycles. The molecule has 0 radical (unpaired) electrons. The Kier molecular flexibility index (Phi) is 4.93. The second kappa shape index (κ2) is 6.88. The summed E-state index contributed by atoms with van der Waals surface area (Å²) in [6.45, 7) is 3.67. The predicted molar refractivity (Wildman–Crippen MR) is 77.8 cm³/mol. The number of carbonyl (C=O) groups is 1. The first-order valence-electron chi connectivity index (χ1n) is 6.77. The van der Waals surface area contributed by atoms with Gasteiger partial charge in [0.2, 0.25) is 0 Å². The summed E-state index contributed by atoms with van der Waals surface area (Å²) in [6, 6.07) is 11.8. The summed E-state index contributed by atoms with van der Waals surface area (Å²) in [5.41, 5.74) is 1.52. The van der Waals surface area contributed by atoms with Crippen molar-refractivity contribution in [3.8, 4) is 11.5 Å². The first-order valence-corrected chi connectivity index (χ1v) is 6.77. The average Bonchev–Trinajstić information content (AvgIpc) is 2.47. The van der Waals surface area contributed by atoms with Gasteiger partial charge in [-0.1, -0.05) is 31.2 Å². The van der Waals surface area contributed by atoms with Crippen LogP contribution in [0.3, 0.4) is 0 Å². The molecule has 2 aromatic rings. The van der Waals surface area contributed by atoms with Crippen molar-refractivity contribution in [1.29, 1.82) is 0 Å². The van der Waals surface area contributed by atoms with Gasteiger partial charge in [0.15, 0.2) is 11.6 Å². The molecular weight excluding hydrogens is 271 g/mol. The van der Waals surface area contributed by atoms with Crippen molar-refractivity contribution in [2.75, 3.05) is 0 Å². The fourth-order valence-electron chi connectivity index (χ4n) is 1.80. The number of para-hydroxylation sites is 1. The lowest BCUT2D eigenvalue weighted by Gasteiger charge is -2.11. The maximum atomic E-state index is 13.7. The molecule has 2 rings (SSSR count). The SMILES string of the molecule is CCC(=O)Oc1ccccc1COc1ccc(C)cc1F. The molecule has 0 aliphatic heterocycles. The van der Waals surface area contributed by atoms with E-state index in [-0.39, 0.29) is 18.3 Å². The Bertz CT molecular complexity index is 638. The Hall–Kier alpha value is -2.36. The highest BCUT2D eigenvalue weighted by molar-refractivity contribution is 5.72. The number of ether oxygens (including phenoxy) is 2. The molecule has 0 N–H and O–H groups in total. The highest BCUT2D eigenvalue weighted by Crippen LogP contribution is 2.23. The normalized spacial score (nSPS) is 10.2. The van der Waals surface area contributed by atoms with Gasteiger partial charge >= 0.3 is 5.97 Å². The van der Waals surface area contributed by atoms with Gasteiger partial charge in [0.05, 0.1) is 0 Å². The lowest BCUT2D eigenvalue weighted by atomic mass is 10.2. The van der Waals surface area contributed by atoms with E-state index in [9.17, 15) is 9.18 Å². The van der Waals surface area contributed by atoms with E-state index in [2.05, 4.69) is 0 Å². The highest BCUT2D eigenvalue weighted by atomic mass is 19.1. The first-order chi connectivity index (χ1) is 10.1. The summed E-state index contributed by atoms with van der Waals surface area (Å²) < 4.78 is 24.4. The third-order valence-corrected chi connectivity index (χ3v) is 2.96. The molecule has 0 saturated heterocycles. The molecule has 0 atom stereocenters. The Morgan fingerprint density at radius 1 is 1.14 bits per heavy atom. The van der Waals surface area contributed by atoms with Crippen LogP contribution in [-0.4, -0.2) is 5.97 Å². The van der Waals surface area contributed by atoms with Crippen molar-refractivity contribution in [2.45, 2.75) is 26.9 Å². The van der Waals surface area contributed by atoms with E-state index in [1.807, 2.05) is 13.0 Å². The van der Waals surface area contributed by atoms with E-state index in [1.165, 1.54) is 6.07 Å². The largest absolute Gasteiger partial charge is 0.486 e. The minimum atomic E-state index is -0.405. The summed E-state index contributed by atoms with van der Waals surface area (Å²) in [5.74, 6) is -0.101. The molecule has 0 bridgehead atoms. The van der Waals surface area contributed by atoms with Crippen molar-refractivity contribution in [1.82, 2.24) is 0 Å². The Balaban J connectivity index is 2.11. The van der Waals surface area contributed by atoms with Crippen LogP contribution in [0.1, 0.15) is 24.5 Å². The standard InChI is InChI=1S/C17H17FO3/c1-3-17(19)21-15-7-5-4-6-13(15)11-20-16-9-8-12(2)10-14(16)18/h4-10H,3,11H2,1-2H3. The smallest absolute Gasteiger partial charge is 0.310 e. The Labute approximate surface area is 123 Å². The van der Waals surface area contributed by atoms with Gasteiger partial charge in [0.25, 0.3) is 0 Å². The number of aryl methyl sites for hydroxylation is 1. The number of rotatable bonds is 5. The second-order valence-corrected chi connectivity index (χ2v) is 4.66. The molecule has 0 amide bonds. The van der Waals surface area contributed by atoms with Gasteiger partial charge in [-0.3, -0.25) is 4.79 Å². The van der Waals surface area contributed by atoms with Crippen LogP contribution in [0.5, 0.6) is 11.5 Å². The molecule has 21 heavy (non-hydrogen) atoms. The molecular formula is C17H17FO3. The van der Waals surface area contributed by atoms with E-state index < -0.39 is 5.82 Å². The number of carbonyl (C=O) groups excluding carboxylic acids is 1. The fraction of sp³-hybridized carbons (Fsp3) is 0.235. The van der Waals surface area contributed by atoms with E-state index >= 15 is 0 Å². The first kappa shape index (κ1) is 15.0. The molecule has 0 unspecified atom stereocenters. The molecule has 0 aliphatic carbocycles. The van der Waals surface area contributed by atoms with Crippen molar-refractivity contribution < 1.29 is 18.7 Å². The number of benzene rings is 2. The van der Waals surface area contributed by atoms with Gasteiger partial charge in [-0.25, -0.2) is 4.39 Å². The van der Waals surface area contributed by atoms with Crippen LogP contribution in [0.25, 0.3) is 0 Å². The van der Waals surface area contributed by atoms with Crippen molar-refractivity contribution in [3.63, 3.8) is 0 Å². The molecule has 0 spiro atoms. The van der Waals surface area contributed by atoms with Crippen molar-refractivity contribution in [2.24, 2.45) is 0 Å². The number of hydrogen-bond donors (Lipinski definition) is 0. The van der Waals surface area contributed by atoms with Gasteiger partial charge in [0.1, 0.15) is 12.4 Å². The van der Waals surface area contributed by atoms with Crippen LogP contribution >= 0.6 is 0 Å². The summed E-state index contributed by atoms with van der Waals surface area (Å²) in [4.78, 5) is 11.4. The third kappa shape index (κ3) is 4.05. The second-order valence-electron chi connectivity index (χ2n) is 4.66. The van der Waals surface area contributed by atoms with E-state index in [4.69, 9.17) is 9.47 Å². The van der Waals surface area contributed by atoms with Crippen molar-refractivity contribution >= 4 is 5.97 Å². The topological polar surface area (TPSA) is 35.5 Å². The van der Waals surface area contributed by atoms with Gasteiger partial charge in [-0.2, -0.15) is 0 Å². The zero-order valence-electron chi connectivity index (χ0n) is 12.1. The maximum absolute atomic E-state index is 13.7. The summed E-state index contributed by atoms with van der Waals surface area (Å²) in [7, 11) is 0. The van der Waals surface area contributed by atoms with Crippen LogP contribution in [0, 0.1) is 12.7 Å². The molecule has 2 aromatic carbocycles.